The van der Waals surface area contributed by atoms with E-state index in [0.717, 1.165) is 69.9 Å². The summed E-state index contributed by atoms with van der Waals surface area (Å²) in [6, 6.07) is 8.95. The van der Waals surface area contributed by atoms with Crippen LogP contribution in [-0.2, 0) is 22.1 Å². The largest absolute Gasteiger partial charge is 0.355 e. The first-order valence-electron chi connectivity index (χ1n) is 17.5. The number of rotatable bonds is 11. The van der Waals surface area contributed by atoms with Crippen LogP contribution in [0.2, 0.25) is 0 Å². The van der Waals surface area contributed by atoms with Gasteiger partial charge in [0.25, 0.3) is 5.91 Å². The lowest BCUT2D eigenvalue weighted by Gasteiger charge is -2.46. The molecule has 3 N–H and O–H groups in total. The highest BCUT2D eigenvalue weighted by Gasteiger charge is 2.50. The fourth-order valence-corrected chi connectivity index (χ4v) is 8.86. The third-order valence-electron chi connectivity index (χ3n) is 12.0. The molecular formula is C37H53N5O3. The minimum Gasteiger partial charge on any atom is -0.355 e. The van der Waals surface area contributed by atoms with Gasteiger partial charge in [-0.2, -0.15) is 5.10 Å². The van der Waals surface area contributed by atoms with Crippen LogP contribution in [-0.4, -0.2) is 40.1 Å². The molecule has 8 nitrogen and oxygen atoms in total. The van der Waals surface area contributed by atoms with Crippen molar-refractivity contribution in [2.24, 2.45) is 35.6 Å². The normalized spacial score (nSPS) is 24.6. The number of aryl methyl sites for hydroxylation is 1. The van der Waals surface area contributed by atoms with E-state index >= 15 is 0 Å². The molecule has 3 amide bonds. The zero-order valence-electron chi connectivity index (χ0n) is 27.8. The standard InChI is InChI=1S/C37H53N5O3/c1-35(2)17-6-5-13-28(35)30(25-14-15-25)31(41-32(43)29-16-22-39-42(29)4)33(44)40-27-12-9-11-26(23-27)37(20-7-8-21-37)34(45)38-24-36(3)18-10-19-36/h9,11-12,16,22-23,25,28,30-31H,5-8,10,13-15,17-21,24H2,1-4H3,(H,38,45)(H,40,44)(H,41,43)/t28?,30?,31-/m0/s1. The minimum absolute atomic E-state index is 0.0560. The Morgan fingerprint density at radius 3 is 2.29 bits per heavy atom. The molecule has 4 aliphatic carbocycles. The molecule has 8 heteroatoms. The summed E-state index contributed by atoms with van der Waals surface area (Å²) < 4.78 is 1.56. The zero-order valence-corrected chi connectivity index (χ0v) is 27.8. The van der Waals surface area contributed by atoms with Gasteiger partial charge in [-0.25, -0.2) is 0 Å². The first-order valence-corrected chi connectivity index (χ1v) is 17.5. The van der Waals surface area contributed by atoms with Crippen LogP contribution in [0.5, 0.6) is 0 Å². The number of hydrogen-bond donors (Lipinski definition) is 3. The molecule has 0 spiro atoms. The summed E-state index contributed by atoms with van der Waals surface area (Å²) in [6.07, 6.45) is 15.6. The number of carbonyl (C=O) groups is 3. The van der Waals surface area contributed by atoms with Crippen LogP contribution in [0.25, 0.3) is 0 Å². The zero-order chi connectivity index (χ0) is 31.8. The molecule has 45 heavy (non-hydrogen) atoms. The fraction of sp³-hybridized carbons (Fsp3) is 0.676. The second-order valence-electron chi connectivity index (χ2n) is 15.8. The Morgan fingerprint density at radius 2 is 1.67 bits per heavy atom. The second kappa shape index (κ2) is 12.6. The number of carbonyl (C=O) groups excluding carboxylic acids is 3. The Bertz CT molecular complexity index is 1400. The van der Waals surface area contributed by atoms with E-state index in [1.54, 1.807) is 24.0 Å². The lowest BCUT2D eigenvalue weighted by atomic mass is 9.61. The van der Waals surface area contributed by atoms with Crippen LogP contribution >= 0.6 is 0 Å². The molecule has 0 saturated heterocycles. The number of aromatic nitrogens is 2. The maximum atomic E-state index is 14.4. The lowest BCUT2D eigenvalue weighted by Crippen LogP contribution is -2.54. The predicted octanol–water partition coefficient (Wildman–Crippen LogP) is 6.52. The molecule has 3 atom stereocenters. The Labute approximate surface area is 268 Å². The van der Waals surface area contributed by atoms with Crippen molar-refractivity contribution in [1.29, 1.82) is 0 Å². The van der Waals surface area contributed by atoms with Gasteiger partial charge in [0.15, 0.2) is 0 Å². The van der Waals surface area contributed by atoms with Gasteiger partial charge in [0.1, 0.15) is 11.7 Å². The number of benzene rings is 1. The van der Waals surface area contributed by atoms with E-state index in [0.29, 0.717) is 23.2 Å². The van der Waals surface area contributed by atoms with Crippen molar-refractivity contribution in [2.45, 2.75) is 116 Å². The summed E-state index contributed by atoms with van der Waals surface area (Å²) in [5, 5.41) is 13.9. The van der Waals surface area contributed by atoms with Gasteiger partial charge in [0.05, 0.1) is 5.41 Å². The van der Waals surface area contributed by atoms with E-state index in [1.807, 2.05) is 24.3 Å². The van der Waals surface area contributed by atoms with Gasteiger partial charge >= 0.3 is 0 Å². The summed E-state index contributed by atoms with van der Waals surface area (Å²) >= 11 is 0. The Morgan fingerprint density at radius 1 is 0.933 bits per heavy atom. The number of hydrogen-bond acceptors (Lipinski definition) is 4. The molecule has 0 aliphatic heterocycles. The molecule has 244 valence electrons. The lowest BCUT2D eigenvalue weighted by molar-refractivity contribution is -0.127. The van der Waals surface area contributed by atoms with Crippen LogP contribution in [0.4, 0.5) is 5.69 Å². The van der Waals surface area contributed by atoms with Gasteiger partial charge in [-0.05, 0) is 104 Å². The summed E-state index contributed by atoms with van der Waals surface area (Å²) in [7, 11) is 1.75. The fourth-order valence-electron chi connectivity index (χ4n) is 8.86. The molecule has 1 aromatic carbocycles. The van der Waals surface area contributed by atoms with Crippen molar-refractivity contribution in [2.75, 3.05) is 11.9 Å². The highest BCUT2D eigenvalue weighted by atomic mass is 16.2. The van der Waals surface area contributed by atoms with Gasteiger partial charge in [-0.15, -0.1) is 0 Å². The van der Waals surface area contributed by atoms with Gasteiger partial charge in [0.2, 0.25) is 11.8 Å². The van der Waals surface area contributed by atoms with Gasteiger partial charge in [0, 0.05) is 25.5 Å². The van der Waals surface area contributed by atoms with Gasteiger partial charge < -0.3 is 16.0 Å². The maximum absolute atomic E-state index is 14.4. The van der Waals surface area contributed by atoms with Crippen LogP contribution in [0.3, 0.4) is 0 Å². The molecule has 1 aromatic heterocycles. The van der Waals surface area contributed by atoms with Gasteiger partial charge in [-0.3, -0.25) is 19.1 Å². The molecule has 4 fully saturated rings. The molecule has 0 radical (unpaired) electrons. The van der Waals surface area contributed by atoms with Crippen molar-refractivity contribution in [1.82, 2.24) is 20.4 Å². The molecule has 6 rings (SSSR count). The maximum Gasteiger partial charge on any atom is 0.270 e. The predicted molar refractivity (Wildman–Crippen MR) is 177 cm³/mol. The second-order valence-corrected chi connectivity index (χ2v) is 15.8. The van der Waals surface area contributed by atoms with Crippen LogP contribution in [0, 0.1) is 28.6 Å². The third kappa shape index (κ3) is 6.57. The summed E-state index contributed by atoms with van der Waals surface area (Å²) in [5.41, 5.74) is 1.83. The highest BCUT2D eigenvalue weighted by Crippen LogP contribution is 2.53. The molecule has 1 heterocycles. The van der Waals surface area contributed by atoms with Crippen molar-refractivity contribution < 1.29 is 14.4 Å². The average molecular weight is 616 g/mol. The average Bonchev–Trinajstić information content (AvgIpc) is 3.52. The smallest absolute Gasteiger partial charge is 0.270 e. The summed E-state index contributed by atoms with van der Waals surface area (Å²) in [6.45, 7) is 7.67. The molecule has 4 aliphatic rings. The summed E-state index contributed by atoms with van der Waals surface area (Å²) in [4.78, 5) is 41.8. The Kier molecular flexibility index (Phi) is 8.88. The number of nitrogens with zero attached hydrogens (tertiary/aromatic N) is 2. The van der Waals surface area contributed by atoms with Crippen molar-refractivity contribution in [3.8, 4) is 0 Å². The summed E-state index contributed by atoms with van der Waals surface area (Å²) in [5.74, 6) is 0.486. The number of anilines is 1. The van der Waals surface area contributed by atoms with Crippen molar-refractivity contribution in [3.05, 3.63) is 47.8 Å². The minimum atomic E-state index is -0.669. The van der Waals surface area contributed by atoms with Crippen LogP contribution < -0.4 is 16.0 Å². The van der Waals surface area contributed by atoms with Crippen molar-refractivity contribution >= 4 is 23.4 Å². The SMILES string of the molecule is Cn1nccc1C(=O)N[C@H](C(=O)Nc1cccc(C2(C(=O)NCC3(C)CCC3)CCCC2)c1)C(C1CC1)C1CCCCC1(C)C. The molecule has 2 unspecified atom stereocenters. The number of amides is 3. The Hall–Kier alpha value is -3.16. The van der Waals surface area contributed by atoms with Gasteiger partial charge in [-0.1, -0.05) is 65.0 Å². The highest BCUT2D eigenvalue weighted by molar-refractivity contribution is 6.01. The van der Waals surface area contributed by atoms with E-state index in [9.17, 15) is 14.4 Å². The van der Waals surface area contributed by atoms with E-state index in [4.69, 9.17) is 0 Å². The van der Waals surface area contributed by atoms with E-state index in [1.165, 1.54) is 25.7 Å². The first kappa shape index (κ1) is 31.8. The first-order chi connectivity index (χ1) is 21.5. The molecule has 4 saturated carbocycles. The third-order valence-corrected chi connectivity index (χ3v) is 12.0. The van der Waals surface area contributed by atoms with E-state index < -0.39 is 11.5 Å². The quantitative estimate of drug-likeness (QED) is 0.268. The number of nitrogens with one attached hydrogen (secondary N) is 3. The van der Waals surface area contributed by atoms with E-state index in [-0.39, 0.29) is 34.5 Å². The molecule has 0 bridgehead atoms. The van der Waals surface area contributed by atoms with Crippen LogP contribution in [0.1, 0.15) is 120 Å². The topological polar surface area (TPSA) is 105 Å². The van der Waals surface area contributed by atoms with Crippen LogP contribution in [0.15, 0.2) is 36.5 Å². The van der Waals surface area contributed by atoms with E-state index in [2.05, 4.69) is 41.8 Å². The monoisotopic (exact) mass is 615 g/mol. The van der Waals surface area contributed by atoms with Crippen molar-refractivity contribution in [3.63, 3.8) is 0 Å². The Balaban J connectivity index is 1.26. The molecule has 2 aromatic rings. The molecular weight excluding hydrogens is 562 g/mol.